The molecule has 1 heterocycles. The van der Waals surface area contributed by atoms with Gasteiger partial charge in [0.1, 0.15) is 0 Å². The maximum atomic E-state index is 12.1. The molecular weight excluding hydrogens is 215 g/mol. The standard InChI is InChI=1S/C12H17BN2O2/c1-13(17)15-9-7-14(8-10-15)12(16)11-5-3-2-4-6-11/h2-6,17H,7-10H2,1H3. The number of hydrogen-bond donors (Lipinski definition) is 1. The molecule has 4 nitrogen and oxygen atoms in total. The van der Waals surface area contributed by atoms with E-state index in [1.54, 1.807) is 6.82 Å². The first-order chi connectivity index (χ1) is 8.18. The zero-order chi connectivity index (χ0) is 12.3. The zero-order valence-corrected chi connectivity index (χ0v) is 10.0. The van der Waals surface area contributed by atoms with E-state index in [1.165, 1.54) is 0 Å². The Morgan fingerprint density at radius 3 is 2.29 bits per heavy atom. The second-order valence-corrected chi connectivity index (χ2v) is 4.33. The minimum atomic E-state index is -0.427. The Bertz CT molecular complexity index is 375. The quantitative estimate of drug-likeness (QED) is 0.757. The van der Waals surface area contributed by atoms with Gasteiger partial charge in [-0.05, 0) is 19.0 Å². The largest absolute Gasteiger partial charge is 0.437 e. The Hall–Kier alpha value is -1.33. The molecule has 1 aromatic carbocycles. The van der Waals surface area contributed by atoms with Gasteiger partial charge in [0.25, 0.3) is 5.91 Å². The van der Waals surface area contributed by atoms with Crippen molar-refractivity contribution in [1.82, 2.24) is 9.71 Å². The number of carbonyl (C=O) groups excluding carboxylic acids is 1. The first-order valence-corrected chi connectivity index (χ1v) is 5.95. The van der Waals surface area contributed by atoms with Crippen LogP contribution < -0.4 is 0 Å². The summed E-state index contributed by atoms with van der Waals surface area (Å²) in [7, 11) is -0.427. The van der Waals surface area contributed by atoms with Crippen LogP contribution in [0.1, 0.15) is 10.4 Å². The Morgan fingerprint density at radius 2 is 1.76 bits per heavy atom. The third-order valence-corrected chi connectivity index (χ3v) is 3.15. The molecule has 1 aliphatic heterocycles. The highest BCUT2D eigenvalue weighted by molar-refractivity contribution is 6.45. The number of piperazine rings is 1. The highest BCUT2D eigenvalue weighted by Gasteiger charge is 2.25. The number of benzene rings is 1. The second-order valence-electron chi connectivity index (χ2n) is 4.33. The van der Waals surface area contributed by atoms with E-state index in [4.69, 9.17) is 0 Å². The van der Waals surface area contributed by atoms with Crippen molar-refractivity contribution in [2.45, 2.75) is 6.82 Å². The molecule has 0 unspecified atom stereocenters. The average molecular weight is 232 g/mol. The fraction of sp³-hybridized carbons (Fsp3) is 0.417. The molecule has 1 aliphatic rings. The monoisotopic (exact) mass is 232 g/mol. The van der Waals surface area contributed by atoms with Gasteiger partial charge in [-0.3, -0.25) is 4.79 Å². The van der Waals surface area contributed by atoms with Gasteiger partial charge in [-0.1, -0.05) is 18.2 Å². The fourth-order valence-corrected chi connectivity index (χ4v) is 2.06. The van der Waals surface area contributed by atoms with Crippen LogP contribution in [0.3, 0.4) is 0 Å². The lowest BCUT2D eigenvalue weighted by molar-refractivity contribution is 0.0688. The molecule has 0 bridgehead atoms. The van der Waals surface area contributed by atoms with Crippen molar-refractivity contribution in [3.8, 4) is 0 Å². The number of carbonyl (C=O) groups is 1. The lowest BCUT2D eigenvalue weighted by atomic mass is 9.84. The third kappa shape index (κ3) is 2.87. The molecule has 0 atom stereocenters. The molecule has 17 heavy (non-hydrogen) atoms. The molecule has 5 heteroatoms. The first kappa shape index (κ1) is 12.1. The van der Waals surface area contributed by atoms with Gasteiger partial charge >= 0.3 is 7.05 Å². The van der Waals surface area contributed by atoms with Crippen molar-refractivity contribution in [1.29, 1.82) is 0 Å². The summed E-state index contributed by atoms with van der Waals surface area (Å²) in [4.78, 5) is 15.9. The molecule has 1 aromatic rings. The summed E-state index contributed by atoms with van der Waals surface area (Å²) >= 11 is 0. The Kier molecular flexibility index (Phi) is 3.81. The molecule has 0 spiro atoms. The van der Waals surface area contributed by atoms with E-state index < -0.39 is 7.05 Å². The summed E-state index contributed by atoms with van der Waals surface area (Å²) in [5, 5.41) is 9.44. The van der Waals surface area contributed by atoms with E-state index in [9.17, 15) is 9.82 Å². The molecule has 1 saturated heterocycles. The summed E-state index contributed by atoms with van der Waals surface area (Å²) in [5.41, 5.74) is 0.734. The predicted molar refractivity (Wildman–Crippen MR) is 67.8 cm³/mol. The third-order valence-electron chi connectivity index (χ3n) is 3.15. The molecule has 1 N–H and O–H groups in total. The lowest BCUT2D eigenvalue weighted by Crippen LogP contribution is -2.52. The molecule has 0 aromatic heterocycles. The summed E-state index contributed by atoms with van der Waals surface area (Å²) in [6.45, 7) is 4.58. The normalized spacial score (nSPS) is 16.9. The van der Waals surface area contributed by atoms with Gasteiger partial charge in [-0.25, -0.2) is 0 Å². The molecule has 2 rings (SSSR count). The van der Waals surface area contributed by atoms with Gasteiger partial charge in [0.2, 0.25) is 0 Å². The molecule has 90 valence electrons. The van der Waals surface area contributed by atoms with Crippen LogP contribution in [0.2, 0.25) is 6.82 Å². The zero-order valence-electron chi connectivity index (χ0n) is 10.0. The molecule has 0 radical (unpaired) electrons. The smallest absolute Gasteiger partial charge is 0.376 e. The molecule has 1 amide bonds. The molecular formula is C12H17BN2O2. The van der Waals surface area contributed by atoms with Crippen molar-refractivity contribution in [3.63, 3.8) is 0 Å². The number of amides is 1. The van der Waals surface area contributed by atoms with Crippen molar-refractivity contribution in [3.05, 3.63) is 35.9 Å². The Morgan fingerprint density at radius 1 is 1.18 bits per heavy atom. The van der Waals surface area contributed by atoms with Gasteiger partial charge in [-0.2, -0.15) is 0 Å². The Balaban J connectivity index is 1.95. The second kappa shape index (κ2) is 5.34. The molecule has 0 aliphatic carbocycles. The van der Waals surface area contributed by atoms with Crippen molar-refractivity contribution < 1.29 is 9.82 Å². The van der Waals surface area contributed by atoms with Crippen LogP contribution in [-0.2, 0) is 0 Å². The topological polar surface area (TPSA) is 43.8 Å². The van der Waals surface area contributed by atoms with E-state index >= 15 is 0 Å². The highest BCUT2D eigenvalue weighted by atomic mass is 16.2. The van der Waals surface area contributed by atoms with E-state index in [0.717, 1.165) is 18.7 Å². The summed E-state index contributed by atoms with van der Waals surface area (Å²) in [6.07, 6.45) is 0. The van der Waals surface area contributed by atoms with Gasteiger partial charge in [0, 0.05) is 31.7 Å². The molecule has 1 fully saturated rings. The first-order valence-electron chi connectivity index (χ1n) is 5.95. The van der Waals surface area contributed by atoms with Gasteiger partial charge in [-0.15, -0.1) is 0 Å². The highest BCUT2D eigenvalue weighted by Crippen LogP contribution is 2.08. The van der Waals surface area contributed by atoms with Crippen LogP contribution in [-0.4, -0.2) is 53.9 Å². The minimum Gasteiger partial charge on any atom is -0.437 e. The van der Waals surface area contributed by atoms with E-state index in [1.807, 2.05) is 40.0 Å². The Labute approximate surface area is 102 Å². The van der Waals surface area contributed by atoms with Gasteiger partial charge < -0.3 is 14.7 Å². The summed E-state index contributed by atoms with van der Waals surface area (Å²) in [5.74, 6) is 0.0795. The van der Waals surface area contributed by atoms with Crippen molar-refractivity contribution >= 4 is 13.0 Å². The van der Waals surface area contributed by atoms with Gasteiger partial charge in [0.15, 0.2) is 0 Å². The summed E-state index contributed by atoms with van der Waals surface area (Å²) in [6, 6.07) is 9.33. The lowest BCUT2D eigenvalue weighted by Gasteiger charge is -2.35. The minimum absolute atomic E-state index is 0.0795. The van der Waals surface area contributed by atoms with Crippen molar-refractivity contribution in [2.24, 2.45) is 0 Å². The van der Waals surface area contributed by atoms with Crippen molar-refractivity contribution in [2.75, 3.05) is 26.2 Å². The maximum Gasteiger partial charge on any atom is 0.376 e. The van der Waals surface area contributed by atoms with E-state index in [2.05, 4.69) is 0 Å². The van der Waals surface area contributed by atoms with Gasteiger partial charge in [0.05, 0.1) is 0 Å². The van der Waals surface area contributed by atoms with E-state index in [0.29, 0.717) is 13.1 Å². The summed E-state index contributed by atoms with van der Waals surface area (Å²) < 4.78 is 0. The number of hydrogen-bond acceptors (Lipinski definition) is 3. The van der Waals surface area contributed by atoms with Crippen LogP contribution in [0.15, 0.2) is 30.3 Å². The number of nitrogens with zero attached hydrogens (tertiary/aromatic N) is 2. The van der Waals surface area contributed by atoms with Crippen LogP contribution in [0.25, 0.3) is 0 Å². The van der Waals surface area contributed by atoms with Crippen LogP contribution in [0.4, 0.5) is 0 Å². The number of rotatable bonds is 2. The van der Waals surface area contributed by atoms with E-state index in [-0.39, 0.29) is 5.91 Å². The average Bonchev–Trinajstić information content (AvgIpc) is 2.39. The van der Waals surface area contributed by atoms with Crippen LogP contribution >= 0.6 is 0 Å². The predicted octanol–water partition coefficient (Wildman–Crippen LogP) is 0.555. The fourth-order valence-electron chi connectivity index (χ4n) is 2.06. The maximum absolute atomic E-state index is 12.1. The van der Waals surface area contributed by atoms with Crippen LogP contribution in [0, 0.1) is 0 Å². The SMILES string of the molecule is CB(O)N1CCN(C(=O)c2ccccc2)CC1. The molecule has 0 saturated carbocycles. The van der Waals surface area contributed by atoms with Crippen LogP contribution in [0.5, 0.6) is 0 Å².